The molecule has 196 valence electrons. The fourth-order valence-corrected chi connectivity index (χ4v) is 5.49. The van der Waals surface area contributed by atoms with Crippen molar-refractivity contribution in [1.82, 2.24) is 20.0 Å². The zero-order chi connectivity index (χ0) is 25.2. The van der Waals surface area contributed by atoms with Gasteiger partial charge in [-0.2, -0.15) is 0 Å². The van der Waals surface area contributed by atoms with Gasteiger partial charge in [-0.05, 0) is 37.1 Å². The van der Waals surface area contributed by atoms with Crippen LogP contribution in [0.15, 0.2) is 40.8 Å². The summed E-state index contributed by atoms with van der Waals surface area (Å²) in [5, 5.41) is 9.91. The van der Waals surface area contributed by atoms with Crippen LogP contribution in [-0.2, 0) is 4.74 Å². The van der Waals surface area contributed by atoms with Crippen LogP contribution in [0.5, 0.6) is 5.75 Å². The molecular formula is C27H34N6O4. The lowest BCUT2D eigenvalue weighted by Gasteiger charge is -2.36. The number of nitrogens with zero attached hydrogens (tertiary/aromatic N) is 6. The number of fused-ring (bicyclic) bond motifs is 1. The Balaban J connectivity index is 1.01. The Morgan fingerprint density at radius 1 is 0.973 bits per heavy atom. The van der Waals surface area contributed by atoms with Gasteiger partial charge in [-0.1, -0.05) is 12.1 Å². The Bertz CT molecular complexity index is 1210. The number of benzene rings is 1. The fourth-order valence-electron chi connectivity index (χ4n) is 5.49. The van der Waals surface area contributed by atoms with Gasteiger partial charge in [0, 0.05) is 70.9 Å². The van der Waals surface area contributed by atoms with Gasteiger partial charge in [-0.25, -0.2) is 0 Å². The van der Waals surface area contributed by atoms with Gasteiger partial charge < -0.3 is 28.6 Å². The molecule has 3 aromatic rings. The Hall–Kier alpha value is -3.37. The van der Waals surface area contributed by atoms with Crippen LogP contribution in [0, 0.1) is 0 Å². The summed E-state index contributed by atoms with van der Waals surface area (Å²) < 4.78 is 17.0. The predicted molar refractivity (Wildman–Crippen MR) is 141 cm³/mol. The SMILES string of the molecule is COc1cccc2cc(C(=O)N3CCN(c4ccc(N5CCN(CC6CCCO6)CC5)nn4)CC3)oc12. The number of carbonyl (C=O) groups is 1. The van der Waals surface area contributed by atoms with Crippen molar-refractivity contribution in [3.05, 3.63) is 42.2 Å². The normalized spacial score (nSPS) is 21.1. The lowest BCUT2D eigenvalue weighted by atomic mass is 10.2. The number of para-hydroxylation sites is 1. The summed E-state index contributed by atoms with van der Waals surface area (Å²) in [6, 6.07) is 11.5. The van der Waals surface area contributed by atoms with E-state index in [1.165, 1.54) is 12.8 Å². The minimum absolute atomic E-state index is 0.0991. The van der Waals surface area contributed by atoms with Crippen molar-refractivity contribution in [3.63, 3.8) is 0 Å². The minimum atomic E-state index is -0.0991. The maximum Gasteiger partial charge on any atom is 0.289 e. The average Bonchev–Trinajstić information content (AvgIpc) is 3.63. The molecule has 1 unspecified atom stereocenters. The van der Waals surface area contributed by atoms with E-state index in [1.807, 2.05) is 29.2 Å². The molecule has 0 N–H and O–H groups in total. The molecule has 0 radical (unpaired) electrons. The highest BCUT2D eigenvalue weighted by atomic mass is 16.5. The van der Waals surface area contributed by atoms with Crippen LogP contribution in [0.4, 0.5) is 11.6 Å². The monoisotopic (exact) mass is 506 g/mol. The number of furan rings is 1. The molecule has 1 amide bonds. The molecule has 5 heterocycles. The average molecular weight is 507 g/mol. The topological polar surface area (TPSA) is 87.4 Å². The molecule has 0 bridgehead atoms. The molecular weight excluding hydrogens is 472 g/mol. The van der Waals surface area contributed by atoms with E-state index in [0.29, 0.717) is 49.4 Å². The molecule has 10 nitrogen and oxygen atoms in total. The summed E-state index contributed by atoms with van der Waals surface area (Å²) in [4.78, 5) is 21.9. The molecule has 2 aromatic heterocycles. The second-order valence-electron chi connectivity index (χ2n) is 9.94. The number of anilines is 2. The largest absolute Gasteiger partial charge is 0.493 e. The Kier molecular flexibility index (Phi) is 6.84. The molecule has 3 aliphatic rings. The first kappa shape index (κ1) is 24.0. The summed E-state index contributed by atoms with van der Waals surface area (Å²) >= 11 is 0. The second kappa shape index (κ2) is 10.5. The molecule has 37 heavy (non-hydrogen) atoms. The van der Waals surface area contributed by atoms with E-state index in [4.69, 9.17) is 13.9 Å². The van der Waals surface area contributed by atoms with Gasteiger partial charge in [0.1, 0.15) is 0 Å². The molecule has 0 spiro atoms. The van der Waals surface area contributed by atoms with Crippen LogP contribution in [0.25, 0.3) is 11.0 Å². The smallest absolute Gasteiger partial charge is 0.289 e. The number of piperazine rings is 2. The summed E-state index contributed by atoms with van der Waals surface area (Å²) in [6.07, 6.45) is 2.78. The number of hydrogen-bond acceptors (Lipinski definition) is 9. The van der Waals surface area contributed by atoms with Crippen LogP contribution in [0.3, 0.4) is 0 Å². The molecule has 1 aromatic carbocycles. The van der Waals surface area contributed by atoms with Crippen molar-refractivity contribution < 1.29 is 18.7 Å². The van der Waals surface area contributed by atoms with Crippen molar-refractivity contribution in [2.75, 3.05) is 82.4 Å². The maximum absolute atomic E-state index is 13.1. The van der Waals surface area contributed by atoms with Crippen molar-refractivity contribution in [2.24, 2.45) is 0 Å². The predicted octanol–water partition coefficient (Wildman–Crippen LogP) is 2.49. The Morgan fingerprint density at radius 2 is 1.68 bits per heavy atom. The van der Waals surface area contributed by atoms with Gasteiger partial charge >= 0.3 is 0 Å². The third-order valence-corrected chi connectivity index (χ3v) is 7.65. The number of ether oxygens (including phenoxy) is 2. The molecule has 6 rings (SSSR count). The zero-order valence-electron chi connectivity index (χ0n) is 21.3. The van der Waals surface area contributed by atoms with Gasteiger partial charge in [0.05, 0.1) is 13.2 Å². The van der Waals surface area contributed by atoms with Gasteiger partial charge in [0.15, 0.2) is 28.7 Å². The van der Waals surface area contributed by atoms with Crippen LogP contribution in [0.2, 0.25) is 0 Å². The molecule has 1 atom stereocenters. The number of rotatable bonds is 6. The number of methoxy groups -OCH3 is 1. The van der Waals surface area contributed by atoms with E-state index in [9.17, 15) is 4.79 Å². The summed E-state index contributed by atoms with van der Waals surface area (Å²) in [6.45, 7) is 8.51. The first-order chi connectivity index (χ1) is 18.2. The summed E-state index contributed by atoms with van der Waals surface area (Å²) in [7, 11) is 1.60. The van der Waals surface area contributed by atoms with Crippen LogP contribution in [-0.4, -0.2) is 105 Å². The summed E-state index contributed by atoms with van der Waals surface area (Å²) in [5.74, 6) is 2.64. The van der Waals surface area contributed by atoms with Crippen molar-refractivity contribution in [1.29, 1.82) is 0 Å². The van der Waals surface area contributed by atoms with Gasteiger partial charge in [-0.15, -0.1) is 10.2 Å². The third-order valence-electron chi connectivity index (χ3n) is 7.65. The van der Waals surface area contributed by atoms with Crippen molar-refractivity contribution >= 4 is 28.5 Å². The van der Waals surface area contributed by atoms with E-state index >= 15 is 0 Å². The number of carbonyl (C=O) groups excluding carboxylic acids is 1. The van der Waals surface area contributed by atoms with Crippen LogP contribution >= 0.6 is 0 Å². The maximum atomic E-state index is 13.1. The van der Waals surface area contributed by atoms with E-state index < -0.39 is 0 Å². The first-order valence-electron chi connectivity index (χ1n) is 13.2. The molecule has 3 fully saturated rings. The third kappa shape index (κ3) is 5.08. The van der Waals surface area contributed by atoms with E-state index in [0.717, 1.165) is 56.4 Å². The number of hydrogen-bond donors (Lipinski definition) is 0. The highest BCUT2D eigenvalue weighted by Gasteiger charge is 2.27. The quantitative estimate of drug-likeness (QED) is 0.500. The highest BCUT2D eigenvalue weighted by molar-refractivity contribution is 5.97. The zero-order valence-corrected chi connectivity index (χ0v) is 21.3. The Labute approximate surface area is 216 Å². The first-order valence-corrected chi connectivity index (χ1v) is 13.2. The van der Waals surface area contributed by atoms with Gasteiger partial charge in [-0.3, -0.25) is 9.69 Å². The van der Waals surface area contributed by atoms with E-state index in [1.54, 1.807) is 13.2 Å². The second-order valence-corrected chi connectivity index (χ2v) is 9.94. The minimum Gasteiger partial charge on any atom is -0.493 e. The lowest BCUT2D eigenvalue weighted by Crippen LogP contribution is -2.49. The van der Waals surface area contributed by atoms with Crippen LogP contribution < -0.4 is 14.5 Å². The molecule has 3 aliphatic heterocycles. The van der Waals surface area contributed by atoms with Gasteiger partial charge in [0.2, 0.25) is 0 Å². The number of amides is 1. The van der Waals surface area contributed by atoms with Crippen LogP contribution in [0.1, 0.15) is 23.4 Å². The Morgan fingerprint density at radius 3 is 2.30 bits per heavy atom. The van der Waals surface area contributed by atoms with Crippen molar-refractivity contribution in [2.45, 2.75) is 18.9 Å². The molecule has 0 aliphatic carbocycles. The summed E-state index contributed by atoms with van der Waals surface area (Å²) in [5.41, 5.74) is 0.603. The lowest BCUT2D eigenvalue weighted by molar-refractivity contribution is 0.0711. The van der Waals surface area contributed by atoms with E-state index in [-0.39, 0.29) is 5.91 Å². The standard InChI is InChI=1S/C27H34N6O4/c1-35-22-6-2-4-20-18-23(37-26(20)22)27(34)33-15-13-32(14-16-33)25-8-7-24(28-29-25)31-11-9-30(10-12-31)19-21-5-3-17-36-21/h2,4,6-8,18,21H,3,5,9-17,19H2,1H3. The molecule has 3 saturated heterocycles. The highest BCUT2D eigenvalue weighted by Crippen LogP contribution is 2.29. The molecule has 0 saturated carbocycles. The fraction of sp³-hybridized carbons (Fsp3) is 0.519. The van der Waals surface area contributed by atoms with Crippen molar-refractivity contribution in [3.8, 4) is 5.75 Å². The van der Waals surface area contributed by atoms with Gasteiger partial charge in [0.25, 0.3) is 5.91 Å². The molecule has 10 heteroatoms. The van der Waals surface area contributed by atoms with E-state index in [2.05, 4.69) is 31.0 Å². The number of aromatic nitrogens is 2.